The van der Waals surface area contributed by atoms with Crippen molar-refractivity contribution in [1.29, 1.82) is 0 Å². The molecule has 0 heterocycles. The molecule has 0 spiro atoms. The monoisotopic (exact) mass is 684 g/mol. The quantitative estimate of drug-likeness (QED) is 0.0413. The second-order valence-corrected chi connectivity index (χ2v) is 14.4. The first-order valence-corrected chi connectivity index (χ1v) is 20.6. The minimum atomic E-state index is -0.347. The molecule has 1 aliphatic rings. The Morgan fingerprint density at radius 1 is 0.510 bits per heavy atom. The van der Waals surface area contributed by atoms with Crippen LogP contribution in [0.3, 0.4) is 0 Å². The van der Waals surface area contributed by atoms with E-state index in [0.717, 1.165) is 83.5 Å². The summed E-state index contributed by atoms with van der Waals surface area (Å²) in [5, 5.41) is 0. The number of esters is 2. The molecule has 0 aromatic rings. The summed E-state index contributed by atoms with van der Waals surface area (Å²) in [6, 6.07) is 0.338. The lowest BCUT2D eigenvalue weighted by molar-refractivity contribution is -0.174. The van der Waals surface area contributed by atoms with Gasteiger partial charge in [-0.15, -0.1) is 0 Å². The molecule has 1 aliphatic carbocycles. The van der Waals surface area contributed by atoms with Crippen LogP contribution in [-0.2, 0) is 19.1 Å². The zero-order valence-corrected chi connectivity index (χ0v) is 32.5. The lowest BCUT2D eigenvalue weighted by atomic mass is 9.89. The van der Waals surface area contributed by atoms with Gasteiger partial charge in [-0.25, -0.2) is 0 Å². The molecule has 0 aliphatic heterocycles. The van der Waals surface area contributed by atoms with Gasteiger partial charge in [0.1, 0.15) is 12.2 Å². The maximum atomic E-state index is 12.8. The standard InChI is InChI=1S/C44H77NO4/c1-5-7-9-11-13-15-17-19-21-23-25-27-29-31-33-35-43(46)48-41-38-37-40(45(3)4)39-42(41)49-44(47)36-34-32-30-28-26-24-22-20-18-16-14-12-10-8-6-2/h13-16,19-22,40-42H,5-12,17-18,23-39H2,1-4H3/b15-13-,16-14-,21-19-,22-20-/t40-,41+,42-/m1/s1. The van der Waals surface area contributed by atoms with E-state index in [4.69, 9.17) is 9.47 Å². The van der Waals surface area contributed by atoms with E-state index in [1.165, 1.54) is 77.0 Å². The molecule has 0 unspecified atom stereocenters. The van der Waals surface area contributed by atoms with E-state index < -0.39 is 0 Å². The van der Waals surface area contributed by atoms with Crippen molar-refractivity contribution in [2.75, 3.05) is 14.1 Å². The highest BCUT2D eigenvalue weighted by atomic mass is 16.6. The number of carbonyl (C=O) groups is 2. The van der Waals surface area contributed by atoms with Crippen LogP contribution in [0.15, 0.2) is 48.6 Å². The molecule has 0 amide bonds. The number of ether oxygens (including phenoxy) is 2. The molecule has 0 saturated heterocycles. The van der Waals surface area contributed by atoms with Crippen LogP contribution in [0.2, 0.25) is 0 Å². The van der Waals surface area contributed by atoms with E-state index in [9.17, 15) is 9.59 Å². The average Bonchev–Trinajstić information content (AvgIpc) is 3.08. The van der Waals surface area contributed by atoms with Crippen LogP contribution in [0.25, 0.3) is 0 Å². The summed E-state index contributed by atoms with van der Waals surface area (Å²) >= 11 is 0. The Labute approximate surface area is 303 Å². The Morgan fingerprint density at radius 3 is 1.33 bits per heavy atom. The van der Waals surface area contributed by atoms with Gasteiger partial charge in [0.25, 0.3) is 0 Å². The van der Waals surface area contributed by atoms with Crippen LogP contribution in [0, 0.1) is 0 Å². The Hall–Kier alpha value is -2.14. The van der Waals surface area contributed by atoms with Gasteiger partial charge in [-0.2, -0.15) is 0 Å². The Balaban J connectivity index is 2.19. The number of rotatable bonds is 31. The van der Waals surface area contributed by atoms with E-state index in [0.29, 0.717) is 18.9 Å². The Morgan fingerprint density at radius 2 is 0.898 bits per heavy atom. The maximum Gasteiger partial charge on any atom is 0.306 e. The summed E-state index contributed by atoms with van der Waals surface area (Å²) in [4.78, 5) is 27.7. The number of allylic oxidation sites excluding steroid dienone is 8. The van der Waals surface area contributed by atoms with Gasteiger partial charge in [0.2, 0.25) is 0 Å². The van der Waals surface area contributed by atoms with E-state index in [-0.39, 0.29) is 24.1 Å². The second kappa shape index (κ2) is 33.0. The fourth-order valence-electron chi connectivity index (χ4n) is 6.43. The van der Waals surface area contributed by atoms with Gasteiger partial charge in [0.05, 0.1) is 0 Å². The first-order valence-electron chi connectivity index (χ1n) is 20.6. The van der Waals surface area contributed by atoms with E-state index in [1.54, 1.807) is 0 Å². The van der Waals surface area contributed by atoms with Crippen molar-refractivity contribution in [3.8, 4) is 0 Å². The predicted molar refractivity (Wildman–Crippen MR) is 210 cm³/mol. The van der Waals surface area contributed by atoms with Gasteiger partial charge in [-0.3, -0.25) is 9.59 Å². The first kappa shape index (κ1) is 44.9. The van der Waals surface area contributed by atoms with Crippen molar-refractivity contribution in [1.82, 2.24) is 4.90 Å². The molecule has 1 rings (SSSR count). The van der Waals surface area contributed by atoms with E-state index in [2.05, 4.69) is 81.5 Å². The van der Waals surface area contributed by atoms with Crippen molar-refractivity contribution < 1.29 is 19.1 Å². The molecule has 5 heteroatoms. The van der Waals surface area contributed by atoms with Gasteiger partial charge in [-0.1, -0.05) is 127 Å². The van der Waals surface area contributed by atoms with Crippen molar-refractivity contribution >= 4 is 11.9 Å². The molecular formula is C44H77NO4. The maximum absolute atomic E-state index is 12.8. The minimum Gasteiger partial charge on any atom is -0.458 e. The molecule has 1 saturated carbocycles. The number of hydrogen-bond donors (Lipinski definition) is 0. The van der Waals surface area contributed by atoms with Gasteiger partial charge in [0.15, 0.2) is 0 Å². The van der Waals surface area contributed by atoms with Crippen molar-refractivity contribution in [2.24, 2.45) is 0 Å². The molecule has 0 N–H and O–H groups in total. The molecule has 0 radical (unpaired) electrons. The summed E-state index contributed by atoms with van der Waals surface area (Å²) in [6.07, 6.45) is 46.6. The molecule has 5 nitrogen and oxygen atoms in total. The number of hydrogen-bond acceptors (Lipinski definition) is 5. The fourth-order valence-corrected chi connectivity index (χ4v) is 6.43. The van der Waals surface area contributed by atoms with Gasteiger partial charge in [0, 0.05) is 25.3 Å². The lowest BCUT2D eigenvalue weighted by Crippen LogP contribution is -2.46. The molecule has 1 fully saturated rings. The predicted octanol–water partition coefficient (Wildman–Crippen LogP) is 12.6. The smallest absolute Gasteiger partial charge is 0.306 e. The summed E-state index contributed by atoms with van der Waals surface area (Å²) in [5.41, 5.74) is 0. The van der Waals surface area contributed by atoms with Gasteiger partial charge in [-0.05, 0) is 104 Å². The second-order valence-electron chi connectivity index (χ2n) is 14.4. The molecule has 0 aromatic heterocycles. The highest BCUT2D eigenvalue weighted by Gasteiger charge is 2.36. The van der Waals surface area contributed by atoms with Crippen LogP contribution in [0.4, 0.5) is 0 Å². The Bertz CT molecular complexity index is 905. The van der Waals surface area contributed by atoms with E-state index in [1.807, 2.05) is 0 Å². The van der Waals surface area contributed by atoms with Crippen LogP contribution in [-0.4, -0.2) is 49.2 Å². The van der Waals surface area contributed by atoms with Gasteiger partial charge < -0.3 is 14.4 Å². The third-order valence-electron chi connectivity index (χ3n) is 9.66. The fraction of sp³-hybridized carbons (Fsp3) is 0.773. The number of carbonyl (C=O) groups excluding carboxylic acids is 2. The number of unbranched alkanes of at least 4 members (excludes halogenated alkanes) is 16. The normalized spacial score (nSPS) is 18.5. The largest absolute Gasteiger partial charge is 0.458 e. The third kappa shape index (κ3) is 27.3. The van der Waals surface area contributed by atoms with Crippen LogP contribution in [0.5, 0.6) is 0 Å². The van der Waals surface area contributed by atoms with Crippen LogP contribution >= 0.6 is 0 Å². The molecule has 0 aromatic carbocycles. The summed E-state index contributed by atoms with van der Waals surface area (Å²) in [6.45, 7) is 4.49. The van der Waals surface area contributed by atoms with Gasteiger partial charge >= 0.3 is 11.9 Å². The lowest BCUT2D eigenvalue weighted by Gasteiger charge is -2.37. The molecule has 282 valence electrons. The third-order valence-corrected chi connectivity index (χ3v) is 9.66. The van der Waals surface area contributed by atoms with Crippen LogP contribution in [0.1, 0.15) is 187 Å². The van der Waals surface area contributed by atoms with Crippen molar-refractivity contribution in [2.45, 2.75) is 205 Å². The summed E-state index contributed by atoms with van der Waals surface area (Å²) in [5.74, 6) is -0.293. The molecule has 3 atom stereocenters. The highest BCUT2D eigenvalue weighted by molar-refractivity contribution is 5.70. The minimum absolute atomic E-state index is 0.145. The number of nitrogens with zero attached hydrogens (tertiary/aromatic N) is 1. The molecular weight excluding hydrogens is 606 g/mol. The highest BCUT2D eigenvalue weighted by Crippen LogP contribution is 2.28. The summed E-state index contributed by atoms with van der Waals surface area (Å²) in [7, 11) is 4.14. The molecule has 0 bridgehead atoms. The molecule has 49 heavy (non-hydrogen) atoms. The van der Waals surface area contributed by atoms with Crippen LogP contribution < -0.4 is 0 Å². The average molecular weight is 684 g/mol. The summed E-state index contributed by atoms with van der Waals surface area (Å²) < 4.78 is 11.9. The first-order chi connectivity index (χ1) is 24.0. The van der Waals surface area contributed by atoms with Crippen molar-refractivity contribution in [3.05, 3.63) is 48.6 Å². The SMILES string of the molecule is CCCCC/C=C\C/C=C\CCCCCCCC(=O)O[C@H]1CC[C@@H](N(C)C)C[C@H]1OC(=O)CCCCCCC/C=C\C/C=C\CCCCC. The zero-order chi connectivity index (χ0) is 35.6. The topological polar surface area (TPSA) is 55.8 Å². The Kier molecular flexibility index (Phi) is 30.3. The van der Waals surface area contributed by atoms with E-state index >= 15 is 0 Å². The zero-order valence-electron chi connectivity index (χ0n) is 32.5. The van der Waals surface area contributed by atoms with Crippen molar-refractivity contribution in [3.63, 3.8) is 0 Å².